The van der Waals surface area contributed by atoms with Crippen LogP contribution in [0.25, 0.3) is 0 Å². The molecule has 0 aromatic rings. The van der Waals surface area contributed by atoms with Gasteiger partial charge in [-0.3, -0.25) is 0 Å². The molecule has 1 unspecified atom stereocenters. The van der Waals surface area contributed by atoms with E-state index in [2.05, 4.69) is 5.32 Å². The van der Waals surface area contributed by atoms with Gasteiger partial charge < -0.3 is 21.1 Å². The summed E-state index contributed by atoms with van der Waals surface area (Å²) in [6.45, 7) is 3.82. The van der Waals surface area contributed by atoms with Gasteiger partial charge in [-0.1, -0.05) is 6.92 Å². The Kier molecular flexibility index (Phi) is 3.71. The molecule has 1 atom stereocenters. The molecule has 4 N–H and O–H groups in total. The van der Waals surface area contributed by atoms with Gasteiger partial charge >= 0.3 is 6.03 Å². The minimum Gasteiger partial charge on any atom is -0.387 e. The van der Waals surface area contributed by atoms with Crippen molar-refractivity contribution in [1.29, 1.82) is 0 Å². The molecular formula is C9H19N3O2. The average Bonchev–Trinajstić information content (AvgIpc) is 2.58. The van der Waals surface area contributed by atoms with Gasteiger partial charge in [0.05, 0.1) is 12.1 Å². The van der Waals surface area contributed by atoms with E-state index in [1.807, 2.05) is 6.92 Å². The molecule has 0 aromatic carbocycles. The topological polar surface area (TPSA) is 78.6 Å². The van der Waals surface area contributed by atoms with E-state index in [0.717, 1.165) is 6.42 Å². The highest BCUT2D eigenvalue weighted by atomic mass is 16.3. The molecule has 2 amide bonds. The van der Waals surface area contributed by atoms with E-state index < -0.39 is 5.60 Å². The zero-order valence-corrected chi connectivity index (χ0v) is 8.62. The number of carbonyl (C=O) groups is 1. The molecule has 1 fully saturated rings. The van der Waals surface area contributed by atoms with Gasteiger partial charge in [0.15, 0.2) is 0 Å². The highest BCUT2D eigenvalue weighted by molar-refractivity contribution is 5.74. The molecule has 82 valence electrons. The summed E-state index contributed by atoms with van der Waals surface area (Å²) in [5, 5.41) is 12.6. The van der Waals surface area contributed by atoms with Gasteiger partial charge in [-0.05, 0) is 12.8 Å². The maximum Gasteiger partial charge on any atom is 0.317 e. The standard InChI is InChI=1S/C9H19N3O2/c1-2-4-11-8(13)12-5-3-9(14,6-10)7-12/h14H,2-7,10H2,1H3,(H,11,13). The lowest BCUT2D eigenvalue weighted by Gasteiger charge is -2.21. The molecule has 0 aliphatic carbocycles. The maximum absolute atomic E-state index is 11.5. The van der Waals surface area contributed by atoms with E-state index >= 15 is 0 Å². The van der Waals surface area contributed by atoms with Crippen LogP contribution in [-0.4, -0.2) is 47.8 Å². The first-order valence-electron chi connectivity index (χ1n) is 5.06. The Labute approximate surface area is 84.3 Å². The third-order valence-electron chi connectivity index (χ3n) is 2.53. The molecule has 14 heavy (non-hydrogen) atoms. The smallest absolute Gasteiger partial charge is 0.317 e. The summed E-state index contributed by atoms with van der Waals surface area (Å²) in [6.07, 6.45) is 1.49. The predicted octanol–water partition coefficient (Wildman–Crippen LogP) is -0.498. The van der Waals surface area contributed by atoms with Gasteiger partial charge in [-0.25, -0.2) is 4.79 Å². The molecule has 1 rings (SSSR count). The first-order chi connectivity index (χ1) is 6.61. The lowest BCUT2D eigenvalue weighted by atomic mass is 10.0. The number of likely N-dealkylation sites (tertiary alicyclic amines) is 1. The van der Waals surface area contributed by atoms with Crippen LogP contribution < -0.4 is 11.1 Å². The Morgan fingerprint density at radius 3 is 2.93 bits per heavy atom. The van der Waals surface area contributed by atoms with Crippen molar-refractivity contribution in [2.45, 2.75) is 25.4 Å². The lowest BCUT2D eigenvalue weighted by Crippen LogP contribution is -2.44. The second kappa shape index (κ2) is 4.61. The lowest BCUT2D eigenvalue weighted by molar-refractivity contribution is 0.0613. The van der Waals surface area contributed by atoms with Crippen molar-refractivity contribution in [3.05, 3.63) is 0 Å². The van der Waals surface area contributed by atoms with Crippen molar-refractivity contribution < 1.29 is 9.90 Å². The number of carbonyl (C=O) groups excluding carboxylic acids is 1. The third-order valence-corrected chi connectivity index (χ3v) is 2.53. The zero-order valence-electron chi connectivity index (χ0n) is 8.62. The summed E-state index contributed by atoms with van der Waals surface area (Å²) in [5.41, 5.74) is 4.55. The number of hydrogen-bond acceptors (Lipinski definition) is 3. The molecule has 1 aliphatic rings. The summed E-state index contributed by atoms with van der Waals surface area (Å²) in [6, 6.07) is -0.101. The molecule has 0 aromatic heterocycles. The Bertz CT molecular complexity index is 210. The van der Waals surface area contributed by atoms with E-state index in [1.54, 1.807) is 4.90 Å². The van der Waals surface area contributed by atoms with Gasteiger partial charge in [0.2, 0.25) is 0 Å². The summed E-state index contributed by atoms with van der Waals surface area (Å²) < 4.78 is 0. The van der Waals surface area contributed by atoms with Crippen LogP contribution in [0.1, 0.15) is 19.8 Å². The normalized spacial score (nSPS) is 26.6. The zero-order chi connectivity index (χ0) is 10.6. The van der Waals surface area contributed by atoms with E-state index in [4.69, 9.17) is 5.73 Å². The van der Waals surface area contributed by atoms with Crippen LogP contribution in [0.4, 0.5) is 4.79 Å². The van der Waals surface area contributed by atoms with Gasteiger partial charge in [0, 0.05) is 19.6 Å². The number of nitrogens with one attached hydrogen (secondary N) is 1. The molecule has 0 radical (unpaired) electrons. The van der Waals surface area contributed by atoms with Crippen LogP contribution in [-0.2, 0) is 0 Å². The first-order valence-corrected chi connectivity index (χ1v) is 5.06. The number of β-amino-alcohol motifs (C(OH)–C–C–N with tert-alkyl or cyclic N) is 1. The van der Waals surface area contributed by atoms with Crippen molar-refractivity contribution >= 4 is 6.03 Å². The summed E-state index contributed by atoms with van der Waals surface area (Å²) in [5.74, 6) is 0. The van der Waals surface area contributed by atoms with Gasteiger partial charge in [0.25, 0.3) is 0 Å². The number of hydrogen-bond donors (Lipinski definition) is 3. The van der Waals surface area contributed by atoms with Crippen molar-refractivity contribution in [3.8, 4) is 0 Å². The number of urea groups is 1. The monoisotopic (exact) mass is 201 g/mol. The molecule has 5 heteroatoms. The Morgan fingerprint density at radius 1 is 1.71 bits per heavy atom. The predicted molar refractivity (Wildman–Crippen MR) is 53.9 cm³/mol. The highest BCUT2D eigenvalue weighted by Gasteiger charge is 2.36. The molecule has 1 heterocycles. The summed E-state index contributed by atoms with van der Waals surface area (Å²) >= 11 is 0. The molecule has 0 spiro atoms. The Morgan fingerprint density at radius 2 is 2.43 bits per heavy atom. The Balaban J connectivity index is 2.38. The summed E-state index contributed by atoms with van der Waals surface area (Å²) in [7, 11) is 0. The molecule has 1 aliphatic heterocycles. The minimum absolute atomic E-state index is 0.101. The second-order valence-corrected chi connectivity index (χ2v) is 3.83. The molecule has 1 saturated heterocycles. The number of aliphatic hydroxyl groups is 1. The number of nitrogens with zero attached hydrogens (tertiary/aromatic N) is 1. The quantitative estimate of drug-likeness (QED) is 0.576. The fraction of sp³-hybridized carbons (Fsp3) is 0.889. The van der Waals surface area contributed by atoms with E-state index in [-0.39, 0.29) is 12.6 Å². The van der Waals surface area contributed by atoms with Crippen LogP contribution in [0.15, 0.2) is 0 Å². The van der Waals surface area contributed by atoms with Gasteiger partial charge in [-0.2, -0.15) is 0 Å². The fourth-order valence-electron chi connectivity index (χ4n) is 1.54. The molecule has 5 nitrogen and oxygen atoms in total. The minimum atomic E-state index is -0.871. The molecule has 0 bridgehead atoms. The van der Waals surface area contributed by atoms with Crippen LogP contribution in [0.5, 0.6) is 0 Å². The molecule has 0 saturated carbocycles. The Hall–Kier alpha value is -0.810. The number of rotatable bonds is 3. The largest absolute Gasteiger partial charge is 0.387 e. The second-order valence-electron chi connectivity index (χ2n) is 3.83. The van der Waals surface area contributed by atoms with Crippen LogP contribution in [0.3, 0.4) is 0 Å². The van der Waals surface area contributed by atoms with E-state index in [9.17, 15) is 9.90 Å². The SMILES string of the molecule is CCCNC(=O)N1CCC(O)(CN)C1. The number of nitrogens with two attached hydrogens (primary N) is 1. The van der Waals surface area contributed by atoms with Crippen LogP contribution in [0, 0.1) is 0 Å². The van der Waals surface area contributed by atoms with Crippen molar-refractivity contribution in [2.24, 2.45) is 5.73 Å². The highest BCUT2D eigenvalue weighted by Crippen LogP contribution is 2.19. The third kappa shape index (κ3) is 2.59. The van der Waals surface area contributed by atoms with Crippen LogP contribution >= 0.6 is 0 Å². The first kappa shape index (κ1) is 11.3. The van der Waals surface area contributed by atoms with Gasteiger partial charge in [0.1, 0.15) is 0 Å². The van der Waals surface area contributed by atoms with Crippen LogP contribution in [0.2, 0.25) is 0 Å². The maximum atomic E-state index is 11.5. The van der Waals surface area contributed by atoms with Gasteiger partial charge in [-0.15, -0.1) is 0 Å². The van der Waals surface area contributed by atoms with Crippen molar-refractivity contribution in [1.82, 2.24) is 10.2 Å². The average molecular weight is 201 g/mol. The molecular weight excluding hydrogens is 182 g/mol. The number of amides is 2. The van der Waals surface area contributed by atoms with Crippen molar-refractivity contribution in [2.75, 3.05) is 26.2 Å². The fourth-order valence-corrected chi connectivity index (χ4v) is 1.54. The van der Waals surface area contributed by atoms with E-state index in [1.165, 1.54) is 0 Å². The van der Waals surface area contributed by atoms with E-state index in [0.29, 0.717) is 26.1 Å². The summed E-state index contributed by atoms with van der Waals surface area (Å²) in [4.78, 5) is 13.1. The van der Waals surface area contributed by atoms with Crippen molar-refractivity contribution in [3.63, 3.8) is 0 Å².